The minimum absolute atomic E-state index is 0.167. The molecule has 2 atom stereocenters. The molecule has 0 aliphatic rings. The number of unbranched alkanes of at least 4 members (excludes halogenated alkanes) is 14. The van der Waals surface area contributed by atoms with E-state index in [1.54, 1.807) is 0 Å². The Bertz CT molecular complexity index is 687. The Morgan fingerprint density at radius 1 is 0.595 bits per heavy atom. The Balaban J connectivity index is 2.31. The number of hydrogen-bond donors (Lipinski definition) is 2. The van der Waals surface area contributed by atoms with Gasteiger partial charge in [-0.15, -0.1) is 0 Å². The highest BCUT2D eigenvalue weighted by atomic mass is 19.1. The molecule has 0 fully saturated rings. The molecule has 0 saturated carbocycles. The van der Waals surface area contributed by atoms with Gasteiger partial charge in [0.1, 0.15) is 0 Å². The Labute approximate surface area is 230 Å². The standard InChI is InChI=1S/C34H63FN2/c1-5-6-7-8-9-10-11-12-15-18-21-31(36)27-32(37)23-24-34-29(3)26-28(2)33(30(34)4)22-19-16-13-14-17-20-25-35/h26,31-32H,5-25,27,36-37H2,1-4H3. The van der Waals surface area contributed by atoms with Crippen molar-refractivity contribution >= 4 is 0 Å². The zero-order valence-corrected chi connectivity index (χ0v) is 25.3. The zero-order chi connectivity index (χ0) is 27.3. The second kappa shape index (κ2) is 21.9. The third-order valence-electron chi connectivity index (χ3n) is 8.40. The van der Waals surface area contributed by atoms with Gasteiger partial charge in [0.15, 0.2) is 0 Å². The van der Waals surface area contributed by atoms with Gasteiger partial charge in [0, 0.05) is 12.1 Å². The molecule has 0 heterocycles. The summed E-state index contributed by atoms with van der Waals surface area (Å²) >= 11 is 0. The minimum Gasteiger partial charge on any atom is -0.328 e. The molecule has 0 saturated heterocycles. The molecule has 216 valence electrons. The minimum atomic E-state index is -0.167. The van der Waals surface area contributed by atoms with Crippen LogP contribution in [0.2, 0.25) is 0 Å². The fourth-order valence-electron chi connectivity index (χ4n) is 5.99. The number of hydrogen-bond acceptors (Lipinski definition) is 2. The van der Waals surface area contributed by atoms with Crippen molar-refractivity contribution in [3.8, 4) is 0 Å². The predicted molar refractivity (Wildman–Crippen MR) is 163 cm³/mol. The molecule has 0 amide bonds. The van der Waals surface area contributed by atoms with E-state index in [2.05, 4.69) is 33.8 Å². The highest BCUT2D eigenvalue weighted by molar-refractivity contribution is 5.45. The molecule has 0 spiro atoms. The summed E-state index contributed by atoms with van der Waals surface area (Å²) in [5, 5.41) is 0. The summed E-state index contributed by atoms with van der Waals surface area (Å²) < 4.78 is 12.2. The average Bonchev–Trinajstić information content (AvgIpc) is 2.86. The lowest BCUT2D eigenvalue weighted by atomic mass is 9.87. The molecule has 0 aliphatic carbocycles. The molecule has 37 heavy (non-hydrogen) atoms. The number of nitrogens with two attached hydrogens (primary N) is 2. The summed E-state index contributed by atoms with van der Waals surface area (Å²) in [5.74, 6) is 0. The maximum atomic E-state index is 12.2. The lowest BCUT2D eigenvalue weighted by Gasteiger charge is -2.21. The Morgan fingerprint density at radius 3 is 1.62 bits per heavy atom. The van der Waals surface area contributed by atoms with Gasteiger partial charge in [0.2, 0.25) is 0 Å². The number of aryl methyl sites for hydroxylation is 2. The molecular formula is C34H63FN2. The van der Waals surface area contributed by atoms with Gasteiger partial charge in [-0.25, -0.2) is 0 Å². The van der Waals surface area contributed by atoms with Crippen LogP contribution in [-0.4, -0.2) is 18.8 Å². The van der Waals surface area contributed by atoms with E-state index in [1.807, 2.05) is 0 Å². The fourth-order valence-corrected chi connectivity index (χ4v) is 5.99. The largest absolute Gasteiger partial charge is 0.328 e. The van der Waals surface area contributed by atoms with Crippen molar-refractivity contribution in [1.29, 1.82) is 0 Å². The van der Waals surface area contributed by atoms with Gasteiger partial charge >= 0.3 is 0 Å². The molecule has 2 unspecified atom stereocenters. The van der Waals surface area contributed by atoms with Crippen LogP contribution in [0, 0.1) is 20.8 Å². The van der Waals surface area contributed by atoms with E-state index in [-0.39, 0.29) is 18.8 Å². The maximum Gasteiger partial charge on any atom is 0.0894 e. The van der Waals surface area contributed by atoms with Gasteiger partial charge in [-0.2, -0.15) is 0 Å². The van der Waals surface area contributed by atoms with E-state index in [9.17, 15) is 4.39 Å². The van der Waals surface area contributed by atoms with E-state index in [1.165, 1.54) is 118 Å². The van der Waals surface area contributed by atoms with Crippen LogP contribution in [0.5, 0.6) is 0 Å². The summed E-state index contributed by atoms with van der Waals surface area (Å²) in [6.45, 7) is 8.95. The number of alkyl halides is 1. The Kier molecular flexibility index (Phi) is 20.2. The van der Waals surface area contributed by atoms with Crippen molar-refractivity contribution in [2.45, 2.75) is 175 Å². The van der Waals surface area contributed by atoms with Crippen molar-refractivity contribution < 1.29 is 4.39 Å². The van der Waals surface area contributed by atoms with Gasteiger partial charge in [-0.1, -0.05) is 103 Å². The van der Waals surface area contributed by atoms with E-state index < -0.39 is 0 Å². The van der Waals surface area contributed by atoms with Crippen LogP contribution < -0.4 is 11.5 Å². The smallest absolute Gasteiger partial charge is 0.0894 e. The Morgan fingerprint density at radius 2 is 1.05 bits per heavy atom. The molecule has 0 aromatic heterocycles. The molecule has 0 radical (unpaired) electrons. The first kappa shape index (κ1) is 34.1. The SMILES string of the molecule is CCCCCCCCCCCCC(N)CC(N)CCc1c(C)cc(C)c(CCCCCCCCF)c1C. The first-order chi connectivity index (χ1) is 17.9. The van der Waals surface area contributed by atoms with Crippen molar-refractivity contribution in [1.82, 2.24) is 0 Å². The van der Waals surface area contributed by atoms with Gasteiger partial charge < -0.3 is 11.5 Å². The molecule has 0 bridgehead atoms. The van der Waals surface area contributed by atoms with Crippen LogP contribution in [0.4, 0.5) is 4.39 Å². The second-order valence-electron chi connectivity index (χ2n) is 11.9. The normalized spacial score (nSPS) is 13.3. The van der Waals surface area contributed by atoms with Gasteiger partial charge in [-0.05, 0) is 93.5 Å². The summed E-state index contributed by atoms with van der Waals surface area (Å²) in [4.78, 5) is 0. The fraction of sp³-hybridized carbons (Fsp3) is 0.824. The quantitative estimate of drug-likeness (QED) is 0.134. The summed E-state index contributed by atoms with van der Waals surface area (Å²) in [6, 6.07) is 2.80. The van der Waals surface area contributed by atoms with Gasteiger partial charge in [-0.3, -0.25) is 4.39 Å². The summed E-state index contributed by atoms with van der Waals surface area (Å²) in [7, 11) is 0. The molecule has 1 aromatic rings. The van der Waals surface area contributed by atoms with Crippen molar-refractivity contribution in [2.75, 3.05) is 6.67 Å². The lowest BCUT2D eigenvalue weighted by molar-refractivity contribution is 0.450. The van der Waals surface area contributed by atoms with Crippen LogP contribution in [0.25, 0.3) is 0 Å². The first-order valence-corrected chi connectivity index (χ1v) is 16.1. The van der Waals surface area contributed by atoms with Gasteiger partial charge in [0.05, 0.1) is 6.67 Å². The first-order valence-electron chi connectivity index (χ1n) is 16.1. The van der Waals surface area contributed by atoms with Crippen LogP contribution >= 0.6 is 0 Å². The molecule has 0 aliphatic heterocycles. The maximum absolute atomic E-state index is 12.2. The predicted octanol–water partition coefficient (Wildman–Crippen LogP) is 9.75. The van der Waals surface area contributed by atoms with Crippen LogP contribution in [0.15, 0.2) is 6.07 Å². The average molecular weight is 519 g/mol. The third kappa shape index (κ3) is 15.9. The number of benzene rings is 1. The molecule has 1 rings (SSSR count). The van der Waals surface area contributed by atoms with Gasteiger partial charge in [0.25, 0.3) is 0 Å². The number of rotatable bonds is 24. The van der Waals surface area contributed by atoms with E-state index in [0.717, 1.165) is 44.9 Å². The molecule has 2 nitrogen and oxygen atoms in total. The monoisotopic (exact) mass is 518 g/mol. The second-order valence-corrected chi connectivity index (χ2v) is 11.9. The molecule has 3 heteroatoms. The number of halogens is 1. The van der Waals surface area contributed by atoms with Crippen LogP contribution in [0.1, 0.15) is 157 Å². The van der Waals surface area contributed by atoms with E-state index in [0.29, 0.717) is 0 Å². The Hall–Kier alpha value is -0.930. The molecular weight excluding hydrogens is 455 g/mol. The molecule has 4 N–H and O–H groups in total. The topological polar surface area (TPSA) is 52.0 Å². The van der Waals surface area contributed by atoms with Crippen molar-refractivity contribution in [3.63, 3.8) is 0 Å². The van der Waals surface area contributed by atoms with Crippen LogP contribution in [-0.2, 0) is 12.8 Å². The highest BCUT2D eigenvalue weighted by Crippen LogP contribution is 2.26. The third-order valence-corrected chi connectivity index (χ3v) is 8.40. The van der Waals surface area contributed by atoms with Crippen LogP contribution in [0.3, 0.4) is 0 Å². The summed E-state index contributed by atoms with van der Waals surface area (Å²) in [5.41, 5.74) is 20.4. The molecule has 1 aromatic carbocycles. The van der Waals surface area contributed by atoms with Crippen molar-refractivity contribution in [3.05, 3.63) is 33.9 Å². The highest BCUT2D eigenvalue weighted by Gasteiger charge is 2.14. The van der Waals surface area contributed by atoms with E-state index in [4.69, 9.17) is 11.5 Å². The zero-order valence-electron chi connectivity index (χ0n) is 25.3. The van der Waals surface area contributed by atoms with Crippen molar-refractivity contribution in [2.24, 2.45) is 11.5 Å². The summed E-state index contributed by atoms with van der Waals surface area (Å²) in [6.07, 6.45) is 25.6. The van der Waals surface area contributed by atoms with E-state index >= 15 is 0 Å². The lowest BCUT2D eigenvalue weighted by Crippen LogP contribution is -2.31.